The number of nitrogens with zero attached hydrogens (tertiary/aromatic N) is 1. The molecule has 0 saturated heterocycles. The number of benzene rings is 1. The Morgan fingerprint density at radius 3 is 2.30 bits per heavy atom. The Hall–Kier alpha value is -0.940. The van der Waals surface area contributed by atoms with Crippen LogP contribution < -0.4 is 10.0 Å². The summed E-state index contributed by atoms with van der Waals surface area (Å²) >= 11 is 3.39. The van der Waals surface area contributed by atoms with Gasteiger partial charge in [-0.3, -0.25) is 4.57 Å². The van der Waals surface area contributed by atoms with Gasteiger partial charge in [0.05, 0.1) is 5.39 Å². The second-order valence-corrected chi connectivity index (χ2v) is 7.45. The summed E-state index contributed by atoms with van der Waals surface area (Å²) in [6, 6.07) is 5.45. The third kappa shape index (κ3) is 2.27. The first-order valence-corrected chi connectivity index (χ1v) is 8.23. The third-order valence-corrected chi connectivity index (χ3v) is 5.90. The van der Waals surface area contributed by atoms with Gasteiger partial charge in [0.1, 0.15) is 5.30 Å². The lowest BCUT2D eigenvalue weighted by Gasteiger charge is -2.19. The highest BCUT2D eigenvalue weighted by Gasteiger charge is 2.34. The van der Waals surface area contributed by atoms with Crippen molar-refractivity contribution in [3.05, 3.63) is 39.3 Å². The molecule has 0 aliphatic heterocycles. The van der Waals surface area contributed by atoms with Crippen LogP contribution in [-0.2, 0) is 13.6 Å². The van der Waals surface area contributed by atoms with Crippen molar-refractivity contribution in [2.75, 3.05) is 14.2 Å². The topological polar surface area (TPSA) is 62.5 Å². The third-order valence-electron chi connectivity index (χ3n) is 3.33. The van der Waals surface area contributed by atoms with Crippen molar-refractivity contribution < 1.29 is 18.3 Å². The van der Waals surface area contributed by atoms with Crippen LogP contribution in [0.5, 0.6) is 0 Å². The average molecular weight is 360 g/mol. The van der Waals surface area contributed by atoms with Crippen LogP contribution in [0.3, 0.4) is 0 Å². The van der Waals surface area contributed by atoms with E-state index < -0.39 is 7.60 Å². The minimum Gasteiger partial charge on any atom is -0.618 e. The van der Waals surface area contributed by atoms with Gasteiger partial charge in [0.15, 0.2) is 5.69 Å². The van der Waals surface area contributed by atoms with Crippen molar-refractivity contribution in [1.82, 2.24) is 0 Å². The molecule has 1 aromatic heterocycles. The Kier molecular flexibility index (Phi) is 4.21. The number of hydrogen-bond acceptors (Lipinski definition) is 4. The normalized spacial score (nSPS) is 12.1. The molecule has 0 aliphatic rings. The number of aryl methyl sites for hydroxylation is 1. The van der Waals surface area contributed by atoms with Crippen LogP contribution in [0.25, 0.3) is 10.8 Å². The van der Waals surface area contributed by atoms with E-state index in [1.54, 1.807) is 13.8 Å². The molecule has 20 heavy (non-hydrogen) atoms. The summed E-state index contributed by atoms with van der Waals surface area (Å²) in [4.78, 5) is 0. The predicted octanol–water partition coefficient (Wildman–Crippen LogP) is 2.96. The van der Waals surface area contributed by atoms with Crippen molar-refractivity contribution in [3.8, 4) is 0 Å². The molecule has 0 N–H and O–H groups in total. The maximum atomic E-state index is 12.7. The van der Waals surface area contributed by atoms with Gasteiger partial charge < -0.3 is 14.3 Å². The van der Waals surface area contributed by atoms with Crippen LogP contribution in [0.2, 0.25) is 0 Å². The van der Waals surface area contributed by atoms with E-state index in [1.807, 2.05) is 18.2 Å². The zero-order chi connectivity index (χ0) is 15.1. The Balaban J connectivity index is 3.03. The maximum Gasteiger partial charge on any atom is 0.367 e. The maximum absolute atomic E-state index is 12.7. The standard InChI is InChI=1S/C13H15BrNO4P/c1-8-11-6-5-10(14)7-12(11)13(9(2)15(8)16)20(17,18-3)19-4/h5-7H,1-4H3. The van der Waals surface area contributed by atoms with E-state index in [1.165, 1.54) is 14.2 Å². The number of fused-ring (bicyclic) bond motifs is 1. The van der Waals surface area contributed by atoms with Crippen LogP contribution in [-0.4, -0.2) is 14.2 Å². The molecule has 0 fully saturated rings. The molecule has 0 aliphatic carbocycles. The van der Waals surface area contributed by atoms with Gasteiger partial charge in [-0.1, -0.05) is 15.9 Å². The molecule has 108 valence electrons. The summed E-state index contributed by atoms with van der Waals surface area (Å²) in [6.07, 6.45) is 0. The fourth-order valence-corrected chi connectivity index (χ4v) is 4.13. The van der Waals surface area contributed by atoms with Crippen molar-refractivity contribution in [2.45, 2.75) is 13.8 Å². The predicted molar refractivity (Wildman–Crippen MR) is 81.3 cm³/mol. The fraction of sp³-hybridized carbons (Fsp3) is 0.308. The molecule has 0 saturated carbocycles. The zero-order valence-corrected chi connectivity index (χ0v) is 14.1. The van der Waals surface area contributed by atoms with Gasteiger partial charge in [-0.05, 0) is 18.2 Å². The van der Waals surface area contributed by atoms with Gasteiger partial charge >= 0.3 is 7.60 Å². The molecular formula is C13H15BrNO4P. The molecule has 5 nitrogen and oxygen atoms in total. The van der Waals surface area contributed by atoms with E-state index in [2.05, 4.69) is 15.9 Å². The lowest BCUT2D eigenvalue weighted by atomic mass is 10.1. The van der Waals surface area contributed by atoms with E-state index in [9.17, 15) is 9.77 Å². The molecule has 2 rings (SSSR count). The van der Waals surface area contributed by atoms with Crippen molar-refractivity contribution in [1.29, 1.82) is 0 Å². The molecule has 0 amide bonds. The van der Waals surface area contributed by atoms with E-state index >= 15 is 0 Å². The highest BCUT2D eigenvalue weighted by Crippen LogP contribution is 2.47. The van der Waals surface area contributed by atoms with Crippen LogP contribution in [0.15, 0.2) is 22.7 Å². The fourth-order valence-electron chi connectivity index (χ4n) is 2.28. The first-order chi connectivity index (χ1) is 9.35. The molecule has 2 aromatic rings. The minimum atomic E-state index is -3.52. The Labute approximate surface area is 125 Å². The van der Waals surface area contributed by atoms with Gasteiger partial charge in [-0.25, -0.2) is 0 Å². The second kappa shape index (κ2) is 5.45. The number of halogens is 1. The molecule has 0 spiro atoms. The minimum absolute atomic E-state index is 0.305. The zero-order valence-electron chi connectivity index (χ0n) is 11.6. The van der Waals surface area contributed by atoms with Gasteiger partial charge in [-0.2, -0.15) is 4.73 Å². The van der Waals surface area contributed by atoms with Gasteiger partial charge in [0.2, 0.25) is 5.69 Å². The Bertz CT molecular complexity index is 724. The highest BCUT2D eigenvalue weighted by molar-refractivity contribution is 9.10. The molecule has 0 radical (unpaired) electrons. The highest BCUT2D eigenvalue weighted by atomic mass is 79.9. The molecule has 7 heteroatoms. The number of rotatable bonds is 3. The van der Waals surface area contributed by atoms with Crippen LogP contribution in [0, 0.1) is 19.1 Å². The van der Waals surface area contributed by atoms with E-state index in [0.717, 1.165) is 14.6 Å². The Morgan fingerprint density at radius 1 is 1.15 bits per heavy atom. The van der Waals surface area contributed by atoms with Crippen molar-refractivity contribution in [3.63, 3.8) is 0 Å². The summed E-state index contributed by atoms with van der Waals surface area (Å²) in [7, 11) is -0.909. The first kappa shape index (κ1) is 15.4. The van der Waals surface area contributed by atoms with E-state index in [0.29, 0.717) is 22.1 Å². The van der Waals surface area contributed by atoms with Crippen LogP contribution in [0.4, 0.5) is 0 Å². The van der Waals surface area contributed by atoms with Gasteiger partial charge in [-0.15, -0.1) is 0 Å². The summed E-state index contributed by atoms with van der Waals surface area (Å²) < 4.78 is 24.5. The molecule has 0 atom stereocenters. The lowest BCUT2D eigenvalue weighted by Crippen LogP contribution is -2.40. The van der Waals surface area contributed by atoms with E-state index in [-0.39, 0.29) is 0 Å². The average Bonchev–Trinajstić information content (AvgIpc) is 2.44. The van der Waals surface area contributed by atoms with Crippen molar-refractivity contribution in [2.24, 2.45) is 0 Å². The monoisotopic (exact) mass is 359 g/mol. The Morgan fingerprint density at radius 2 is 1.75 bits per heavy atom. The molecule has 1 aromatic carbocycles. The molecule has 0 bridgehead atoms. The first-order valence-electron chi connectivity index (χ1n) is 5.89. The smallest absolute Gasteiger partial charge is 0.367 e. The molecule has 0 unspecified atom stereocenters. The summed E-state index contributed by atoms with van der Waals surface area (Å²) in [5.41, 5.74) is 0.868. The number of pyridine rings is 1. The van der Waals surface area contributed by atoms with Crippen LogP contribution in [0.1, 0.15) is 11.4 Å². The summed E-state index contributed by atoms with van der Waals surface area (Å²) in [5, 5.41) is 14.0. The quantitative estimate of drug-likeness (QED) is 0.480. The van der Waals surface area contributed by atoms with Gasteiger partial charge in [0.25, 0.3) is 0 Å². The summed E-state index contributed by atoms with van der Waals surface area (Å²) in [5.74, 6) is 0. The van der Waals surface area contributed by atoms with Crippen LogP contribution >= 0.6 is 23.5 Å². The van der Waals surface area contributed by atoms with E-state index in [4.69, 9.17) is 9.05 Å². The molecule has 1 heterocycles. The number of aromatic nitrogens is 1. The largest absolute Gasteiger partial charge is 0.618 e. The molecular weight excluding hydrogens is 345 g/mol. The lowest BCUT2D eigenvalue weighted by molar-refractivity contribution is -0.616. The van der Waals surface area contributed by atoms with Crippen molar-refractivity contribution >= 4 is 39.6 Å². The summed E-state index contributed by atoms with van der Waals surface area (Å²) in [6.45, 7) is 3.34. The second-order valence-electron chi connectivity index (χ2n) is 4.37. The SMILES string of the molecule is COP(=O)(OC)c1c(C)[n+]([O-])c(C)c2ccc(Br)cc12. The number of hydrogen-bond donors (Lipinski definition) is 0. The van der Waals surface area contributed by atoms with Gasteiger partial charge in [0, 0.05) is 37.9 Å².